The van der Waals surface area contributed by atoms with Crippen LogP contribution in [0.2, 0.25) is 0 Å². The average Bonchev–Trinajstić information content (AvgIpc) is 3.16. The van der Waals surface area contributed by atoms with Crippen LogP contribution < -0.4 is 10.0 Å². The molecule has 0 radical (unpaired) electrons. The molecule has 8 nitrogen and oxygen atoms in total. The Balaban J connectivity index is 1.46. The van der Waals surface area contributed by atoms with Crippen molar-refractivity contribution in [1.29, 1.82) is 0 Å². The summed E-state index contributed by atoms with van der Waals surface area (Å²) in [7, 11) is -4.19. The number of anilines is 1. The maximum Gasteiger partial charge on any atom is 0.243 e. The van der Waals surface area contributed by atoms with Gasteiger partial charge in [0, 0.05) is 24.7 Å². The van der Waals surface area contributed by atoms with E-state index in [0.717, 1.165) is 12.1 Å². The van der Waals surface area contributed by atoms with Crippen molar-refractivity contribution in [3.63, 3.8) is 0 Å². The van der Waals surface area contributed by atoms with E-state index in [4.69, 9.17) is 0 Å². The molecule has 0 atom stereocenters. The van der Waals surface area contributed by atoms with Crippen molar-refractivity contribution in [2.24, 2.45) is 0 Å². The van der Waals surface area contributed by atoms with Gasteiger partial charge in [0.05, 0.1) is 16.4 Å². The van der Waals surface area contributed by atoms with E-state index in [1.165, 1.54) is 0 Å². The highest BCUT2D eigenvalue weighted by Gasteiger charge is 2.19. The van der Waals surface area contributed by atoms with Crippen molar-refractivity contribution in [1.82, 2.24) is 19.3 Å². The van der Waals surface area contributed by atoms with Gasteiger partial charge >= 0.3 is 0 Å². The molecular weight excluding hydrogens is 520 g/mol. The Morgan fingerprint density at radius 3 is 2.67 bits per heavy atom. The van der Waals surface area contributed by atoms with Crippen molar-refractivity contribution in [2.45, 2.75) is 11.3 Å². The highest BCUT2D eigenvalue weighted by atomic mass is 79.9. The molecule has 0 saturated heterocycles. The van der Waals surface area contributed by atoms with Gasteiger partial charge in [0.15, 0.2) is 5.65 Å². The van der Waals surface area contributed by atoms with Crippen LogP contribution in [0.5, 0.6) is 5.75 Å². The number of rotatable bonds is 8. The van der Waals surface area contributed by atoms with Crippen LogP contribution in [-0.4, -0.2) is 41.2 Å². The summed E-state index contributed by atoms with van der Waals surface area (Å²) in [5, 5.41) is 17.6. The van der Waals surface area contributed by atoms with Crippen molar-refractivity contribution in [2.75, 3.05) is 18.4 Å². The van der Waals surface area contributed by atoms with Gasteiger partial charge < -0.3 is 10.4 Å². The zero-order chi connectivity index (χ0) is 23.6. The largest absolute Gasteiger partial charge is 0.507 e. The van der Waals surface area contributed by atoms with Gasteiger partial charge in [-0.1, -0.05) is 12.1 Å². The van der Waals surface area contributed by atoms with Crippen molar-refractivity contribution >= 4 is 37.4 Å². The minimum atomic E-state index is -4.19. The number of phenols is 1. The number of halogens is 3. The number of aromatic hydroxyl groups is 1. The first-order chi connectivity index (χ1) is 15.8. The molecule has 2 aromatic heterocycles. The Bertz CT molecular complexity index is 1430. The Morgan fingerprint density at radius 1 is 1.09 bits per heavy atom. The van der Waals surface area contributed by atoms with Gasteiger partial charge in [-0.25, -0.2) is 26.9 Å². The summed E-state index contributed by atoms with van der Waals surface area (Å²) in [6.07, 6.45) is 1.93. The monoisotopic (exact) mass is 537 g/mol. The highest BCUT2D eigenvalue weighted by molar-refractivity contribution is 9.10. The first-order valence-electron chi connectivity index (χ1n) is 9.77. The molecule has 2 heterocycles. The van der Waals surface area contributed by atoms with Gasteiger partial charge in [-0.15, -0.1) is 0 Å². The van der Waals surface area contributed by atoms with E-state index < -0.39 is 26.6 Å². The number of fused-ring (bicyclic) bond motifs is 1. The van der Waals surface area contributed by atoms with Crippen molar-refractivity contribution < 1.29 is 22.3 Å². The third-order valence-corrected chi connectivity index (χ3v) is 6.78. The molecule has 4 aromatic rings. The second-order valence-corrected chi connectivity index (χ2v) is 9.61. The van der Waals surface area contributed by atoms with Crippen LogP contribution in [0.15, 0.2) is 64.1 Å². The summed E-state index contributed by atoms with van der Waals surface area (Å²) in [5.41, 5.74) is 1.59. The molecule has 12 heteroatoms. The lowest BCUT2D eigenvalue weighted by atomic mass is 10.1. The first kappa shape index (κ1) is 23.1. The lowest BCUT2D eigenvalue weighted by Crippen LogP contribution is -2.27. The Hall–Kier alpha value is -3.09. The molecule has 2 aromatic carbocycles. The van der Waals surface area contributed by atoms with E-state index >= 15 is 0 Å². The fourth-order valence-electron chi connectivity index (χ4n) is 3.16. The molecule has 3 N–H and O–H groups in total. The second kappa shape index (κ2) is 9.41. The zero-order valence-corrected chi connectivity index (χ0v) is 19.4. The number of nitrogens with one attached hydrogen (secondary N) is 2. The molecule has 0 aliphatic rings. The van der Waals surface area contributed by atoms with E-state index in [2.05, 4.69) is 36.1 Å². The first-order valence-corrected chi connectivity index (χ1v) is 12.0. The van der Waals surface area contributed by atoms with Crippen LogP contribution in [0.1, 0.15) is 6.42 Å². The Kier molecular flexibility index (Phi) is 6.58. The molecule has 0 bridgehead atoms. The number of hydrogen-bond donors (Lipinski definition) is 3. The fourth-order valence-corrected chi connectivity index (χ4v) is 4.67. The van der Waals surface area contributed by atoms with Gasteiger partial charge in [0.1, 0.15) is 28.1 Å². The predicted octanol–water partition coefficient (Wildman–Crippen LogP) is 3.92. The maximum absolute atomic E-state index is 13.8. The van der Waals surface area contributed by atoms with Crippen molar-refractivity contribution in [3.8, 4) is 17.0 Å². The fraction of sp³-hybridized carbons (Fsp3) is 0.143. The van der Waals surface area contributed by atoms with Crippen molar-refractivity contribution in [3.05, 3.63) is 70.8 Å². The topological polar surface area (TPSA) is 109 Å². The van der Waals surface area contributed by atoms with E-state index in [1.54, 1.807) is 41.0 Å². The SMILES string of the molecule is O=S(=O)(NCCCNc1cc(-c2ccccc2O)nc2c(Br)cnn12)c1cc(F)ccc1F. The molecule has 0 fully saturated rings. The number of benzene rings is 2. The molecule has 0 amide bonds. The summed E-state index contributed by atoms with van der Waals surface area (Å²) in [6, 6.07) is 10.8. The van der Waals surface area contributed by atoms with E-state index in [1.807, 2.05) is 0 Å². The van der Waals surface area contributed by atoms with Gasteiger partial charge in [-0.05, 0) is 52.7 Å². The van der Waals surface area contributed by atoms with Gasteiger partial charge in [0.25, 0.3) is 0 Å². The van der Waals surface area contributed by atoms with Crippen LogP contribution in [0, 0.1) is 11.6 Å². The van der Waals surface area contributed by atoms with Crippen LogP contribution in [-0.2, 0) is 10.0 Å². The van der Waals surface area contributed by atoms with Gasteiger partial charge in [-0.3, -0.25) is 0 Å². The molecule has 0 spiro atoms. The number of phenolic OH excluding ortho intramolecular Hbond substituents is 1. The molecule has 4 rings (SSSR count). The predicted molar refractivity (Wildman–Crippen MR) is 122 cm³/mol. The molecule has 0 aliphatic heterocycles. The molecule has 0 saturated carbocycles. The maximum atomic E-state index is 13.8. The third kappa shape index (κ3) is 4.97. The number of sulfonamides is 1. The summed E-state index contributed by atoms with van der Waals surface area (Å²) in [5.74, 6) is -1.22. The van der Waals surface area contributed by atoms with E-state index in [-0.39, 0.29) is 12.3 Å². The lowest BCUT2D eigenvalue weighted by Gasteiger charge is -2.12. The highest BCUT2D eigenvalue weighted by Crippen LogP contribution is 2.31. The molecule has 0 unspecified atom stereocenters. The molecule has 172 valence electrons. The second-order valence-electron chi connectivity index (χ2n) is 7.02. The molecule has 33 heavy (non-hydrogen) atoms. The Morgan fingerprint density at radius 2 is 1.88 bits per heavy atom. The van der Waals surface area contributed by atoms with Crippen LogP contribution in [0.4, 0.5) is 14.6 Å². The number of hydrogen-bond acceptors (Lipinski definition) is 6. The summed E-state index contributed by atoms with van der Waals surface area (Å²) in [6.45, 7) is 0.333. The normalized spacial score (nSPS) is 11.7. The number of nitrogens with zero attached hydrogens (tertiary/aromatic N) is 3. The summed E-state index contributed by atoms with van der Waals surface area (Å²) in [4.78, 5) is 3.81. The number of para-hydroxylation sites is 1. The number of aromatic nitrogens is 3. The smallest absolute Gasteiger partial charge is 0.243 e. The molecular formula is C21H18BrF2N5O3S. The third-order valence-electron chi connectivity index (χ3n) is 4.74. The van der Waals surface area contributed by atoms with Gasteiger partial charge in [0.2, 0.25) is 10.0 Å². The van der Waals surface area contributed by atoms with E-state index in [0.29, 0.717) is 46.2 Å². The molecule has 0 aliphatic carbocycles. The minimum absolute atomic E-state index is 0.00531. The summed E-state index contributed by atoms with van der Waals surface area (Å²) >= 11 is 3.40. The lowest BCUT2D eigenvalue weighted by molar-refractivity contribution is 0.477. The van der Waals surface area contributed by atoms with E-state index in [9.17, 15) is 22.3 Å². The minimum Gasteiger partial charge on any atom is -0.507 e. The Labute approximate surface area is 196 Å². The summed E-state index contributed by atoms with van der Waals surface area (Å²) < 4.78 is 56.1. The van der Waals surface area contributed by atoms with Gasteiger partial charge in [-0.2, -0.15) is 9.61 Å². The standard InChI is InChI=1S/C21H18BrF2N5O3S/c22-15-12-26-29-20(11-17(28-21(15)29)14-4-1-2-5-18(14)30)25-8-3-9-27-33(31,32)19-10-13(23)6-7-16(19)24/h1-2,4-7,10-12,25,27,30H,3,8-9H2. The van der Waals surface area contributed by atoms with Crippen LogP contribution >= 0.6 is 15.9 Å². The quantitative estimate of drug-likeness (QED) is 0.294. The zero-order valence-electron chi connectivity index (χ0n) is 17.0. The van der Waals surface area contributed by atoms with Crippen LogP contribution in [0.25, 0.3) is 16.9 Å². The van der Waals surface area contributed by atoms with Crippen LogP contribution in [0.3, 0.4) is 0 Å². The average molecular weight is 538 g/mol.